The molecule has 4 rings (SSSR count). The van der Waals surface area contributed by atoms with Crippen molar-refractivity contribution in [1.82, 2.24) is 9.97 Å². The van der Waals surface area contributed by atoms with Crippen LogP contribution in [0.2, 0.25) is 0 Å². The van der Waals surface area contributed by atoms with Crippen LogP contribution in [0, 0.1) is 11.3 Å². The SMILES string of the molecule is N#Cc1c(N)cc(Nc2ccc(-c3ccncc3)cc2)nc1Nc1ccccc1. The highest BCUT2D eigenvalue weighted by Crippen LogP contribution is 2.28. The van der Waals surface area contributed by atoms with E-state index in [4.69, 9.17) is 5.73 Å². The van der Waals surface area contributed by atoms with Crippen molar-refractivity contribution >= 4 is 28.7 Å². The second kappa shape index (κ2) is 8.11. The van der Waals surface area contributed by atoms with Crippen molar-refractivity contribution in [3.05, 3.63) is 90.8 Å². The van der Waals surface area contributed by atoms with Crippen LogP contribution in [0.3, 0.4) is 0 Å². The summed E-state index contributed by atoms with van der Waals surface area (Å²) < 4.78 is 0. The molecule has 0 fully saturated rings. The number of anilines is 5. The molecule has 4 N–H and O–H groups in total. The number of aromatic nitrogens is 2. The summed E-state index contributed by atoms with van der Waals surface area (Å²) in [5, 5.41) is 15.9. The van der Waals surface area contributed by atoms with Gasteiger partial charge in [0.1, 0.15) is 17.5 Å². The minimum Gasteiger partial charge on any atom is -0.397 e. The summed E-state index contributed by atoms with van der Waals surface area (Å²) in [6.07, 6.45) is 3.54. The van der Waals surface area contributed by atoms with Gasteiger partial charge in [0, 0.05) is 29.8 Å². The molecule has 0 unspecified atom stereocenters. The van der Waals surface area contributed by atoms with E-state index in [0.29, 0.717) is 22.9 Å². The fraction of sp³-hybridized carbons (Fsp3) is 0. The Kier molecular flexibility index (Phi) is 5.04. The molecule has 6 nitrogen and oxygen atoms in total. The number of pyridine rings is 2. The monoisotopic (exact) mass is 378 g/mol. The molecule has 0 saturated heterocycles. The topological polar surface area (TPSA) is 99.7 Å². The lowest BCUT2D eigenvalue weighted by molar-refractivity contribution is 1.28. The maximum absolute atomic E-state index is 9.46. The average molecular weight is 378 g/mol. The molecule has 29 heavy (non-hydrogen) atoms. The van der Waals surface area contributed by atoms with Gasteiger partial charge in [-0.25, -0.2) is 4.98 Å². The zero-order chi connectivity index (χ0) is 20.1. The van der Waals surface area contributed by atoms with E-state index in [-0.39, 0.29) is 0 Å². The zero-order valence-corrected chi connectivity index (χ0v) is 15.5. The van der Waals surface area contributed by atoms with Crippen LogP contribution in [-0.4, -0.2) is 9.97 Å². The maximum Gasteiger partial charge on any atom is 0.152 e. The first-order valence-electron chi connectivity index (χ1n) is 9.03. The average Bonchev–Trinajstić information content (AvgIpc) is 2.76. The van der Waals surface area contributed by atoms with Crippen molar-refractivity contribution in [1.29, 1.82) is 5.26 Å². The van der Waals surface area contributed by atoms with Gasteiger partial charge in [0.2, 0.25) is 0 Å². The third-order valence-electron chi connectivity index (χ3n) is 4.37. The second-order valence-corrected chi connectivity index (χ2v) is 6.36. The minimum absolute atomic E-state index is 0.312. The van der Waals surface area contributed by atoms with E-state index >= 15 is 0 Å². The van der Waals surface area contributed by atoms with Crippen LogP contribution in [0.5, 0.6) is 0 Å². The van der Waals surface area contributed by atoms with Crippen LogP contribution in [0.4, 0.5) is 28.7 Å². The van der Waals surface area contributed by atoms with E-state index in [2.05, 4.69) is 26.7 Å². The Morgan fingerprint density at radius 2 is 1.45 bits per heavy atom. The van der Waals surface area contributed by atoms with Crippen molar-refractivity contribution in [3.8, 4) is 17.2 Å². The highest BCUT2D eigenvalue weighted by atomic mass is 15.1. The zero-order valence-electron chi connectivity index (χ0n) is 15.5. The van der Waals surface area contributed by atoms with E-state index in [1.54, 1.807) is 18.5 Å². The third kappa shape index (κ3) is 4.15. The first kappa shape index (κ1) is 18.0. The molecule has 4 aromatic rings. The predicted octanol–water partition coefficient (Wildman–Crippen LogP) is 5.08. The number of nitrogens with zero attached hydrogens (tertiary/aromatic N) is 3. The molecule has 2 heterocycles. The lowest BCUT2D eigenvalue weighted by Crippen LogP contribution is -2.04. The Morgan fingerprint density at radius 1 is 0.793 bits per heavy atom. The van der Waals surface area contributed by atoms with E-state index in [9.17, 15) is 5.26 Å². The Balaban J connectivity index is 1.59. The molecular formula is C23H18N6. The molecule has 0 atom stereocenters. The van der Waals surface area contributed by atoms with Gasteiger partial charge in [0.25, 0.3) is 0 Å². The first-order chi connectivity index (χ1) is 14.2. The van der Waals surface area contributed by atoms with Gasteiger partial charge in [-0.2, -0.15) is 5.26 Å². The van der Waals surface area contributed by atoms with E-state index in [1.807, 2.05) is 66.7 Å². The molecule has 0 aliphatic heterocycles. The second-order valence-electron chi connectivity index (χ2n) is 6.36. The Morgan fingerprint density at radius 3 is 2.14 bits per heavy atom. The van der Waals surface area contributed by atoms with Crippen molar-refractivity contribution in [3.63, 3.8) is 0 Å². The van der Waals surface area contributed by atoms with Crippen LogP contribution in [0.15, 0.2) is 85.2 Å². The summed E-state index contributed by atoms with van der Waals surface area (Å²) in [6, 6.07) is 25.2. The molecule has 0 saturated carbocycles. The summed E-state index contributed by atoms with van der Waals surface area (Å²) in [5.41, 5.74) is 10.6. The summed E-state index contributed by atoms with van der Waals surface area (Å²) >= 11 is 0. The molecule has 0 spiro atoms. The van der Waals surface area contributed by atoms with Crippen molar-refractivity contribution in [2.75, 3.05) is 16.4 Å². The standard InChI is InChI=1S/C23H18N6/c24-15-20-21(25)14-22(29-23(20)28-18-4-2-1-3-5-18)27-19-8-6-16(7-9-19)17-10-12-26-13-11-17/h1-14H,(H4,25,27,28,29). The fourth-order valence-electron chi connectivity index (χ4n) is 2.93. The van der Waals surface area contributed by atoms with E-state index in [1.165, 1.54) is 0 Å². The number of hydrogen-bond donors (Lipinski definition) is 3. The number of nitrogen functional groups attached to an aromatic ring is 1. The number of para-hydroxylation sites is 1. The van der Waals surface area contributed by atoms with E-state index < -0.39 is 0 Å². The Labute approximate surface area is 168 Å². The Hall–Kier alpha value is -4.37. The summed E-state index contributed by atoms with van der Waals surface area (Å²) in [4.78, 5) is 8.59. The molecule has 0 aliphatic carbocycles. The molecule has 6 heteroatoms. The van der Waals surface area contributed by atoms with Gasteiger partial charge >= 0.3 is 0 Å². The summed E-state index contributed by atoms with van der Waals surface area (Å²) in [7, 11) is 0. The van der Waals surface area contributed by atoms with Gasteiger partial charge in [0.15, 0.2) is 5.82 Å². The normalized spacial score (nSPS) is 10.2. The molecule has 0 aliphatic rings. The number of nitrogens with two attached hydrogens (primary N) is 1. The maximum atomic E-state index is 9.46. The molecule has 0 bridgehead atoms. The van der Waals surface area contributed by atoms with Crippen molar-refractivity contribution in [2.45, 2.75) is 0 Å². The number of rotatable bonds is 5. The van der Waals surface area contributed by atoms with Crippen molar-refractivity contribution in [2.24, 2.45) is 0 Å². The smallest absolute Gasteiger partial charge is 0.152 e. The van der Waals surface area contributed by atoms with Crippen LogP contribution in [-0.2, 0) is 0 Å². The lowest BCUT2D eigenvalue weighted by Gasteiger charge is -2.13. The number of benzene rings is 2. The molecule has 0 radical (unpaired) electrons. The molecule has 2 aromatic heterocycles. The van der Waals surface area contributed by atoms with Crippen LogP contribution in [0.1, 0.15) is 5.56 Å². The molecular weight excluding hydrogens is 360 g/mol. The van der Waals surface area contributed by atoms with Gasteiger partial charge < -0.3 is 16.4 Å². The summed E-state index contributed by atoms with van der Waals surface area (Å²) in [5.74, 6) is 0.964. The number of nitrogens with one attached hydrogen (secondary N) is 2. The van der Waals surface area contributed by atoms with Crippen LogP contribution < -0.4 is 16.4 Å². The van der Waals surface area contributed by atoms with Gasteiger partial charge in [-0.1, -0.05) is 30.3 Å². The number of nitriles is 1. The molecule has 0 amide bonds. The quantitative estimate of drug-likeness (QED) is 0.447. The first-order valence-corrected chi connectivity index (χ1v) is 9.03. The predicted molar refractivity (Wildman–Crippen MR) is 116 cm³/mol. The van der Waals surface area contributed by atoms with Gasteiger partial charge in [0.05, 0.1) is 5.69 Å². The molecule has 140 valence electrons. The van der Waals surface area contributed by atoms with E-state index in [0.717, 1.165) is 22.5 Å². The Bertz CT molecular complexity index is 1150. The lowest BCUT2D eigenvalue weighted by atomic mass is 10.1. The largest absolute Gasteiger partial charge is 0.397 e. The third-order valence-corrected chi connectivity index (χ3v) is 4.37. The van der Waals surface area contributed by atoms with Gasteiger partial charge in [-0.15, -0.1) is 0 Å². The van der Waals surface area contributed by atoms with Gasteiger partial charge in [-0.3, -0.25) is 4.98 Å². The molecule has 2 aromatic carbocycles. The highest BCUT2D eigenvalue weighted by Gasteiger charge is 2.11. The minimum atomic E-state index is 0.312. The highest BCUT2D eigenvalue weighted by molar-refractivity contribution is 5.76. The van der Waals surface area contributed by atoms with Gasteiger partial charge in [-0.05, 0) is 47.5 Å². The van der Waals surface area contributed by atoms with Crippen LogP contribution >= 0.6 is 0 Å². The number of hydrogen-bond acceptors (Lipinski definition) is 6. The van der Waals surface area contributed by atoms with Crippen molar-refractivity contribution < 1.29 is 0 Å². The van der Waals surface area contributed by atoms with Crippen LogP contribution in [0.25, 0.3) is 11.1 Å². The summed E-state index contributed by atoms with van der Waals surface area (Å²) in [6.45, 7) is 0. The fourth-order valence-corrected chi connectivity index (χ4v) is 2.93.